The molecule has 0 atom stereocenters. The molecule has 1 aliphatic rings. The molecule has 0 fully saturated rings. The van der Waals surface area contributed by atoms with Gasteiger partial charge in [0.05, 0.1) is 6.61 Å². The molecule has 1 aliphatic heterocycles. The second-order valence-electron chi connectivity index (χ2n) is 4.78. The SMILES string of the molecule is CO.NC(=O)c1cc(-c2ccc(F)cc2F)c2c(n1)OCCC2. The van der Waals surface area contributed by atoms with E-state index in [2.05, 4.69) is 4.98 Å². The van der Waals surface area contributed by atoms with Gasteiger partial charge in [0.2, 0.25) is 5.88 Å². The van der Waals surface area contributed by atoms with E-state index in [9.17, 15) is 13.6 Å². The summed E-state index contributed by atoms with van der Waals surface area (Å²) in [6.45, 7) is 0.480. The lowest BCUT2D eigenvalue weighted by molar-refractivity contribution is 0.0994. The number of benzene rings is 1. The summed E-state index contributed by atoms with van der Waals surface area (Å²) in [5.74, 6) is -1.80. The van der Waals surface area contributed by atoms with Gasteiger partial charge in [-0.3, -0.25) is 4.79 Å². The van der Waals surface area contributed by atoms with Crippen molar-refractivity contribution < 1.29 is 23.4 Å². The van der Waals surface area contributed by atoms with Crippen molar-refractivity contribution in [2.45, 2.75) is 12.8 Å². The third kappa shape index (κ3) is 3.45. The standard InChI is InChI=1S/C15H12F2N2O2.CH4O/c16-8-3-4-9(12(17)6-8)11-7-13(14(18)20)19-15-10(11)2-1-5-21-15;1-2/h3-4,6-7H,1-2,5H2,(H2,18,20);2H,1H3. The van der Waals surface area contributed by atoms with E-state index in [4.69, 9.17) is 15.6 Å². The molecule has 122 valence electrons. The molecule has 0 aliphatic carbocycles. The van der Waals surface area contributed by atoms with Gasteiger partial charge in [-0.25, -0.2) is 13.8 Å². The van der Waals surface area contributed by atoms with Crippen LogP contribution >= 0.6 is 0 Å². The lowest BCUT2D eigenvalue weighted by Gasteiger charge is -2.20. The van der Waals surface area contributed by atoms with Gasteiger partial charge in [-0.05, 0) is 36.6 Å². The van der Waals surface area contributed by atoms with Gasteiger partial charge in [0, 0.05) is 24.3 Å². The number of pyridine rings is 1. The number of nitrogens with two attached hydrogens (primary N) is 1. The smallest absolute Gasteiger partial charge is 0.267 e. The van der Waals surface area contributed by atoms with Crippen molar-refractivity contribution in [3.05, 3.63) is 47.2 Å². The number of hydrogen-bond donors (Lipinski definition) is 2. The normalized spacial score (nSPS) is 12.5. The average Bonchev–Trinajstić information content (AvgIpc) is 2.56. The first-order chi connectivity index (χ1) is 11.1. The average molecular weight is 322 g/mol. The molecule has 0 unspecified atom stereocenters. The molecule has 0 saturated carbocycles. The number of fused-ring (bicyclic) bond motifs is 1. The van der Waals surface area contributed by atoms with Crippen LogP contribution in [-0.2, 0) is 6.42 Å². The van der Waals surface area contributed by atoms with E-state index in [1.165, 1.54) is 18.2 Å². The molecular weight excluding hydrogens is 306 g/mol. The molecule has 1 aromatic carbocycles. The maximum Gasteiger partial charge on any atom is 0.267 e. The Bertz CT molecular complexity index is 736. The van der Waals surface area contributed by atoms with Gasteiger partial charge in [-0.1, -0.05) is 0 Å². The first kappa shape index (κ1) is 16.8. The highest BCUT2D eigenvalue weighted by atomic mass is 19.1. The molecule has 1 aromatic heterocycles. The predicted octanol–water partition coefficient (Wildman–Crippen LogP) is 2.06. The first-order valence-corrected chi connectivity index (χ1v) is 6.93. The number of aromatic nitrogens is 1. The van der Waals surface area contributed by atoms with Gasteiger partial charge in [-0.2, -0.15) is 0 Å². The van der Waals surface area contributed by atoms with Gasteiger partial charge in [0.1, 0.15) is 17.3 Å². The van der Waals surface area contributed by atoms with Crippen LogP contribution in [0, 0.1) is 11.6 Å². The topological polar surface area (TPSA) is 85.4 Å². The Hall–Kier alpha value is -2.54. The number of carbonyl (C=O) groups excluding carboxylic acids is 1. The Morgan fingerprint density at radius 3 is 2.65 bits per heavy atom. The summed E-state index contributed by atoms with van der Waals surface area (Å²) in [7, 11) is 1.00. The van der Waals surface area contributed by atoms with E-state index in [0.29, 0.717) is 24.2 Å². The number of hydrogen-bond acceptors (Lipinski definition) is 4. The molecule has 3 rings (SSSR count). The van der Waals surface area contributed by atoms with Crippen molar-refractivity contribution in [3.8, 4) is 17.0 Å². The van der Waals surface area contributed by atoms with Gasteiger partial charge >= 0.3 is 0 Å². The number of nitrogens with zero attached hydrogens (tertiary/aromatic N) is 1. The van der Waals surface area contributed by atoms with Gasteiger partial charge < -0.3 is 15.6 Å². The Balaban J connectivity index is 0.000000924. The molecule has 7 heteroatoms. The number of aliphatic hydroxyl groups is 1. The zero-order valence-electron chi connectivity index (χ0n) is 12.5. The Labute approximate surface area is 131 Å². The van der Waals surface area contributed by atoms with Crippen molar-refractivity contribution in [1.82, 2.24) is 4.98 Å². The predicted molar refractivity (Wildman–Crippen MR) is 80.1 cm³/mol. The fourth-order valence-electron chi connectivity index (χ4n) is 2.40. The molecule has 2 aromatic rings. The van der Waals surface area contributed by atoms with E-state index in [-0.39, 0.29) is 17.1 Å². The highest BCUT2D eigenvalue weighted by molar-refractivity contribution is 5.93. The molecule has 23 heavy (non-hydrogen) atoms. The summed E-state index contributed by atoms with van der Waals surface area (Å²) in [5.41, 5.74) is 6.61. The number of rotatable bonds is 2. The van der Waals surface area contributed by atoms with E-state index >= 15 is 0 Å². The van der Waals surface area contributed by atoms with E-state index in [1.54, 1.807) is 0 Å². The van der Waals surface area contributed by atoms with Crippen LogP contribution in [-0.4, -0.2) is 29.7 Å². The molecule has 5 nitrogen and oxygen atoms in total. The summed E-state index contributed by atoms with van der Waals surface area (Å²) in [6.07, 6.45) is 1.41. The summed E-state index contributed by atoms with van der Waals surface area (Å²) in [4.78, 5) is 15.4. The van der Waals surface area contributed by atoms with E-state index in [1.807, 2.05) is 0 Å². The van der Waals surface area contributed by atoms with Crippen molar-refractivity contribution in [2.24, 2.45) is 5.73 Å². The van der Waals surface area contributed by atoms with Crippen LogP contribution in [0.2, 0.25) is 0 Å². The third-order valence-corrected chi connectivity index (χ3v) is 3.37. The largest absolute Gasteiger partial charge is 0.477 e. The Morgan fingerprint density at radius 2 is 2.00 bits per heavy atom. The number of primary amides is 1. The minimum atomic E-state index is -0.726. The molecule has 3 N–H and O–H groups in total. The van der Waals surface area contributed by atoms with Crippen LogP contribution in [0.15, 0.2) is 24.3 Å². The maximum atomic E-state index is 14.0. The Kier molecular flexibility index (Phi) is 5.23. The molecule has 0 radical (unpaired) electrons. The highest BCUT2D eigenvalue weighted by Crippen LogP contribution is 2.35. The number of amides is 1. The zero-order valence-corrected chi connectivity index (χ0v) is 12.5. The van der Waals surface area contributed by atoms with Crippen molar-refractivity contribution in [1.29, 1.82) is 0 Å². The van der Waals surface area contributed by atoms with Crippen LogP contribution in [0.3, 0.4) is 0 Å². The minimum absolute atomic E-state index is 0.00521. The van der Waals surface area contributed by atoms with Crippen LogP contribution in [0.4, 0.5) is 8.78 Å². The van der Waals surface area contributed by atoms with Crippen LogP contribution in [0.25, 0.3) is 11.1 Å². The molecule has 2 heterocycles. The summed E-state index contributed by atoms with van der Waals surface area (Å²) < 4.78 is 32.5. The maximum absolute atomic E-state index is 14.0. The molecule has 0 spiro atoms. The van der Waals surface area contributed by atoms with Crippen molar-refractivity contribution in [2.75, 3.05) is 13.7 Å². The van der Waals surface area contributed by atoms with Gasteiger partial charge in [0.15, 0.2) is 0 Å². The number of halogens is 2. The zero-order chi connectivity index (χ0) is 17.0. The van der Waals surface area contributed by atoms with Crippen LogP contribution in [0.5, 0.6) is 5.88 Å². The monoisotopic (exact) mass is 322 g/mol. The van der Waals surface area contributed by atoms with Gasteiger partial charge in [0.25, 0.3) is 5.91 Å². The number of ether oxygens (including phenoxy) is 1. The molecule has 0 saturated heterocycles. The third-order valence-electron chi connectivity index (χ3n) is 3.37. The van der Waals surface area contributed by atoms with E-state index in [0.717, 1.165) is 19.6 Å². The Morgan fingerprint density at radius 1 is 1.26 bits per heavy atom. The minimum Gasteiger partial charge on any atom is -0.477 e. The summed E-state index contributed by atoms with van der Waals surface area (Å²) in [6, 6.07) is 4.72. The molecule has 1 amide bonds. The van der Waals surface area contributed by atoms with Gasteiger partial charge in [-0.15, -0.1) is 0 Å². The first-order valence-electron chi connectivity index (χ1n) is 6.93. The highest BCUT2D eigenvalue weighted by Gasteiger charge is 2.22. The summed E-state index contributed by atoms with van der Waals surface area (Å²) >= 11 is 0. The van der Waals surface area contributed by atoms with E-state index < -0.39 is 17.5 Å². The number of carbonyl (C=O) groups is 1. The van der Waals surface area contributed by atoms with Crippen molar-refractivity contribution >= 4 is 5.91 Å². The van der Waals surface area contributed by atoms with Crippen LogP contribution in [0.1, 0.15) is 22.5 Å². The second-order valence-corrected chi connectivity index (χ2v) is 4.78. The molecule has 0 bridgehead atoms. The lowest BCUT2D eigenvalue weighted by Crippen LogP contribution is -2.18. The van der Waals surface area contributed by atoms with Crippen molar-refractivity contribution in [3.63, 3.8) is 0 Å². The van der Waals surface area contributed by atoms with Crippen LogP contribution < -0.4 is 10.5 Å². The second kappa shape index (κ2) is 7.15. The fourth-order valence-corrected chi connectivity index (χ4v) is 2.40. The fraction of sp³-hybridized carbons (Fsp3) is 0.250. The molecular formula is C16H16F2N2O3. The summed E-state index contributed by atoms with van der Waals surface area (Å²) in [5, 5.41) is 7.00. The number of aliphatic hydroxyl groups excluding tert-OH is 1. The lowest BCUT2D eigenvalue weighted by atomic mass is 9.95. The quantitative estimate of drug-likeness (QED) is 0.886.